The number of nitrogens with zero attached hydrogens (tertiary/aromatic N) is 1. The Kier molecular flexibility index (Phi) is 5.03. The molecule has 1 aliphatic heterocycles. The highest BCUT2D eigenvalue weighted by Gasteiger charge is 2.33. The van der Waals surface area contributed by atoms with Gasteiger partial charge in [-0.15, -0.1) is 0 Å². The van der Waals surface area contributed by atoms with Gasteiger partial charge < -0.3 is 15.5 Å². The summed E-state index contributed by atoms with van der Waals surface area (Å²) in [7, 11) is 0. The molecule has 1 fully saturated rings. The lowest BCUT2D eigenvalue weighted by Crippen LogP contribution is -2.43. The normalized spacial score (nSPS) is 16.8. The van der Waals surface area contributed by atoms with E-state index in [1.165, 1.54) is 0 Å². The Morgan fingerprint density at radius 2 is 1.88 bits per heavy atom. The summed E-state index contributed by atoms with van der Waals surface area (Å²) in [5.41, 5.74) is 3.87. The van der Waals surface area contributed by atoms with Crippen molar-refractivity contribution in [2.75, 3.05) is 16.8 Å². The smallest absolute Gasteiger partial charge is 0.319 e. The van der Waals surface area contributed by atoms with Gasteiger partial charge in [-0.25, -0.2) is 4.79 Å². The van der Waals surface area contributed by atoms with Gasteiger partial charge in [-0.2, -0.15) is 0 Å². The lowest BCUT2D eigenvalue weighted by Gasteiger charge is -2.18. The van der Waals surface area contributed by atoms with E-state index in [1.54, 1.807) is 4.90 Å². The summed E-state index contributed by atoms with van der Waals surface area (Å²) in [6.07, 6.45) is 1.44. The summed E-state index contributed by atoms with van der Waals surface area (Å²) >= 11 is 0. The zero-order valence-electron chi connectivity index (χ0n) is 14.6. The number of amides is 3. The van der Waals surface area contributed by atoms with Crippen LogP contribution in [0.3, 0.4) is 0 Å². The molecule has 0 bridgehead atoms. The van der Waals surface area contributed by atoms with E-state index in [9.17, 15) is 9.59 Å². The van der Waals surface area contributed by atoms with Crippen LogP contribution in [0.15, 0.2) is 48.5 Å². The van der Waals surface area contributed by atoms with Gasteiger partial charge in [-0.05, 0) is 43.5 Å². The molecule has 0 aromatic heterocycles. The highest BCUT2D eigenvalue weighted by atomic mass is 16.2. The molecule has 1 saturated heterocycles. The molecule has 2 N–H and O–H groups in total. The van der Waals surface area contributed by atoms with Crippen LogP contribution in [0.4, 0.5) is 16.2 Å². The van der Waals surface area contributed by atoms with Crippen LogP contribution < -0.4 is 15.5 Å². The molecule has 3 rings (SSSR count). The van der Waals surface area contributed by atoms with Crippen molar-refractivity contribution in [3.05, 3.63) is 59.7 Å². The van der Waals surface area contributed by atoms with Gasteiger partial charge in [0.05, 0.1) is 0 Å². The molecule has 0 unspecified atom stereocenters. The van der Waals surface area contributed by atoms with E-state index in [-0.39, 0.29) is 11.9 Å². The van der Waals surface area contributed by atoms with Gasteiger partial charge >= 0.3 is 6.03 Å². The van der Waals surface area contributed by atoms with Crippen molar-refractivity contribution in [1.29, 1.82) is 0 Å². The topological polar surface area (TPSA) is 61.4 Å². The van der Waals surface area contributed by atoms with E-state index in [0.717, 1.165) is 28.9 Å². The first-order valence-corrected chi connectivity index (χ1v) is 8.62. The molecule has 3 amide bonds. The standard InChI is InChI=1S/C20H23N3O2/c1-3-15-6-4-5-7-17(15)21-20(25)22-18-12-13-23(19(18)24)16-10-8-14(2)9-11-16/h4-11,18H,3,12-13H2,1-2H3,(H2,21,22,25)/t18-/m1/s1. The number of rotatable bonds is 4. The van der Waals surface area contributed by atoms with Crippen molar-refractivity contribution in [1.82, 2.24) is 5.32 Å². The molecule has 0 aliphatic carbocycles. The number of urea groups is 1. The number of nitrogens with one attached hydrogen (secondary N) is 2. The average Bonchev–Trinajstić information content (AvgIpc) is 2.97. The Hall–Kier alpha value is -2.82. The van der Waals surface area contributed by atoms with Gasteiger partial charge in [0, 0.05) is 17.9 Å². The summed E-state index contributed by atoms with van der Waals surface area (Å²) in [6.45, 7) is 4.66. The number of aryl methyl sites for hydroxylation is 2. The fourth-order valence-corrected chi connectivity index (χ4v) is 3.06. The van der Waals surface area contributed by atoms with Crippen molar-refractivity contribution in [3.63, 3.8) is 0 Å². The molecule has 5 nitrogen and oxygen atoms in total. The molecule has 1 heterocycles. The van der Waals surface area contributed by atoms with Crippen LogP contribution in [0.1, 0.15) is 24.5 Å². The zero-order valence-corrected chi connectivity index (χ0v) is 14.6. The lowest BCUT2D eigenvalue weighted by atomic mass is 10.1. The van der Waals surface area contributed by atoms with Crippen molar-refractivity contribution < 1.29 is 9.59 Å². The fourth-order valence-electron chi connectivity index (χ4n) is 3.06. The number of hydrogen-bond donors (Lipinski definition) is 2. The van der Waals surface area contributed by atoms with E-state index in [4.69, 9.17) is 0 Å². The quantitative estimate of drug-likeness (QED) is 0.897. The number of hydrogen-bond acceptors (Lipinski definition) is 2. The Morgan fingerprint density at radius 3 is 2.60 bits per heavy atom. The molecular weight excluding hydrogens is 314 g/mol. The maximum atomic E-state index is 12.6. The zero-order chi connectivity index (χ0) is 17.8. The van der Waals surface area contributed by atoms with E-state index >= 15 is 0 Å². The van der Waals surface area contributed by atoms with Crippen LogP contribution >= 0.6 is 0 Å². The molecule has 2 aromatic rings. The highest BCUT2D eigenvalue weighted by molar-refractivity contribution is 6.02. The Bertz CT molecular complexity index is 771. The first kappa shape index (κ1) is 17.0. The number of carbonyl (C=O) groups is 2. The monoisotopic (exact) mass is 337 g/mol. The molecule has 0 spiro atoms. The molecule has 0 radical (unpaired) electrons. The van der Waals surface area contributed by atoms with Crippen LogP contribution in [0, 0.1) is 6.92 Å². The maximum Gasteiger partial charge on any atom is 0.319 e. The number of benzene rings is 2. The lowest BCUT2D eigenvalue weighted by molar-refractivity contribution is -0.118. The van der Waals surface area contributed by atoms with E-state index in [1.807, 2.05) is 62.4 Å². The van der Waals surface area contributed by atoms with Gasteiger partial charge in [0.2, 0.25) is 5.91 Å². The van der Waals surface area contributed by atoms with Crippen LogP contribution in [-0.2, 0) is 11.2 Å². The predicted molar refractivity (Wildman–Crippen MR) is 99.9 cm³/mol. The van der Waals surface area contributed by atoms with Crippen LogP contribution in [0.5, 0.6) is 0 Å². The molecule has 2 aromatic carbocycles. The third-order valence-corrected chi connectivity index (χ3v) is 4.50. The molecule has 130 valence electrons. The second kappa shape index (κ2) is 7.38. The highest BCUT2D eigenvalue weighted by Crippen LogP contribution is 2.22. The largest absolute Gasteiger partial charge is 0.326 e. The number of anilines is 2. The molecule has 5 heteroatoms. The fraction of sp³-hybridized carbons (Fsp3) is 0.300. The maximum absolute atomic E-state index is 12.6. The van der Waals surface area contributed by atoms with Gasteiger partial charge in [-0.1, -0.05) is 42.8 Å². The van der Waals surface area contributed by atoms with Crippen LogP contribution in [0.2, 0.25) is 0 Å². The van der Waals surface area contributed by atoms with Gasteiger partial charge in [0.25, 0.3) is 0 Å². The third kappa shape index (κ3) is 3.82. The SMILES string of the molecule is CCc1ccccc1NC(=O)N[C@@H]1CCN(c2ccc(C)cc2)C1=O. The average molecular weight is 337 g/mol. The van der Waals surface area contributed by atoms with E-state index < -0.39 is 6.04 Å². The van der Waals surface area contributed by atoms with Crippen molar-refractivity contribution >= 4 is 23.3 Å². The van der Waals surface area contributed by atoms with Crippen LogP contribution in [0.25, 0.3) is 0 Å². The van der Waals surface area contributed by atoms with Crippen LogP contribution in [-0.4, -0.2) is 24.5 Å². The number of para-hydroxylation sites is 1. The minimum atomic E-state index is -0.491. The third-order valence-electron chi connectivity index (χ3n) is 4.50. The second-order valence-corrected chi connectivity index (χ2v) is 6.28. The minimum absolute atomic E-state index is 0.0669. The van der Waals surface area contributed by atoms with Crippen molar-refractivity contribution in [2.45, 2.75) is 32.7 Å². The first-order valence-electron chi connectivity index (χ1n) is 8.62. The van der Waals surface area contributed by atoms with Gasteiger partial charge in [-0.3, -0.25) is 4.79 Å². The molecule has 1 aliphatic rings. The Labute approximate surface area is 148 Å². The number of carbonyl (C=O) groups excluding carboxylic acids is 2. The van der Waals surface area contributed by atoms with Gasteiger partial charge in [0.1, 0.15) is 6.04 Å². The first-order chi connectivity index (χ1) is 12.1. The summed E-state index contributed by atoms with van der Waals surface area (Å²) in [5.74, 6) is -0.0669. The summed E-state index contributed by atoms with van der Waals surface area (Å²) in [6, 6.07) is 14.7. The Balaban J connectivity index is 1.62. The summed E-state index contributed by atoms with van der Waals surface area (Å²) < 4.78 is 0. The summed E-state index contributed by atoms with van der Waals surface area (Å²) in [4.78, 5) is 26.6. The van der Waals surface area contributed by atoms with Crippen molar-refractivity contribution in [2.24, 2.45) is 0 Å². The van der Waals surface area contributed by atoms with E-state index in [2.05, 4.69) is 10.6 Å². The Morgan fingerprint density at radius 1 is 1.16 bits per heavy atom. The molecule has 25 heavy (non-hydrogen) atoms. The molecular formula is C20H23N3O2. The molecule has 1 atom stereocenters. The molecule has 0 saturated carbocycles. The van der Waals surface area contributed by atoms with Gasteiger partial charge in [0.15, 0.2) is 0 Å². The second-order valence-electron chi connectivity index (χ2n) is 6.28. The predicted octanol–water partition coefficient (Wildman–Crippen LogP) is 3.48. The minimum Gasteiger partial charge on any atom is -0.326 e. The summed E-state index contributed by atoms with van der Waals surface area (Å²) in [5, 5.41) is 5.65. The van der Waals surface area contributed by atoms with E-state index in [0.29, 0.717) is 13.0 Å². The van der Waals surface area contributed by atoms with Crippen molar-refractivity contribution in [3.8, 4) is 0 Å².